The largest absolute Gasteiger partial charge is 0.338 e. The average Bonchev–Trinajstić information content (AvgIpc) is 3.06. The van der Waals surface area contributed by atoms with Gasteiger partial charge in [-0.15, -0.1) is 0 Å². The van der Waals surface area contributed by atoms with Crippen molar-refractivity contribution in [2.75, 3.05) is 0 Å². The summed E-state index contributed by atoms with van der Waals surface area (Å²) in [6, 6.07) is 8.00. The van der Waals surface area contributed by atoms with Crippen molar-refractivity contribution in [3.63, 3.8) is 0 Å². The van der Waals surface area contributed by atoms with Gasteiger partial charge in [-0.2, -0.15) is 4.98 Å². The van der Waals surface area contributed by atoms with E-state index in [-0.39, 0.29) is 0 Å². The van der Waals surface area contributed by atoms with Crippen molar-refractivity contribution in [3.8, 4) is 11.4 Å². The van der Waals surface area contributed by atoms with E-state index in [0.717, 1.165) is 16.3 Å². The van der Waals surface area contributed by atoms with Gasteiger partial charge >= 0.3 is 0 Å². The van der Waals surface area contributed by atoms with Crippen molar-refractivity contribution in [3.05, 3.63) is 48.1 Å². The maximum Gasteiger partial charge on any atom is 0.237 e. The molecular weight excluding hydrogens is 272 g/mol. The maximum atomic E-state index is 5.29. The van der Waals surface area contributed by atoms with Gasteiger partial charge in [0.05, 0.1) is 5.75 Å². The molecule has 0 fully saturated rings. The zero-order valence-corrected chi connectivity index (χ0v) is 12.1. The van der Waals surface area contributed by atoms with Crippen LogP contribution in [0.2, 0.25) is 0 Å². The van der Waals surface area contributed by atoms with Crippen molar-refractivity contribution in [1.82, 2.24) is 19.7 Å². The Bertz CT molecular complexity index is 719. The molecule has 0 bridgehead atoms. The smallest absolute Gasteiger partial charge is 0.237 e. The monoisotopic (exact) mass is 286 g/mol. The van der Waals surface area contributed by atoms with Crippen molar-refractivity contribution in [2.24, 2.45) is 7.05 Å². The first-order valence-electron chi connectivity index (χ1n) is 6.23. The molecule has 0 N–H and O–H groups in total. The van der Waals surface area contributed by atoms with Crippen molar-refractivity contribution < 1.29 is 4.52 Å². The molecule has 0 amide bonds. The third kappa shape index (κ3) is 2.60. The topological polar surface area (TPSA) is 56.7 Å². The van der Waals surface area contributed by atoms with Gasteiger partial charge in [0.1, 0.15) is 0 Å². The Morgan fingerprint density at radius 3 is 2.90 bits per heavy atom. The van der Waals surface area contributed by atoms with E-state index in [2.05, 4.69) is 15.1 Å². The summed E-state index contributed by atoms with van der Waals surface area (Å²) in [6.45, 7) is 2.04. The fraction of sp³-hybridized carbons (Fsp3) is 0.214. The highest BCUT2D eigenvalue weighted by molar-refractivity contribution is 7.98. The van der Waals surface area contributed by atoms with Crippen molar-refractivity contribution in [2.45, 2.75) is 17.8 Å². The average molecular weight is 286 g/mol. The van der Waals surface area contributed by atoms with Crippen LogP contribution < -0.4 is 0 Å². The molecule has 2 aromatic heterocycles. The number of imidazole rings is 1. The first-order valence-corrected chi connectivity index (χ1v) is 7.21. The van der Waals surface area contributed by atoms with Crippen LogP contribution in [-0.2, 0) is 12.8 Å². The Labute approximate surface area is 121 Å². The molecule has 1 aromatic carbocycles. The van der Waals surface area contributed by atoms with Crippen LogP contribution in [0.1, 0.15) is 11.5 Å². The highest BCUT2D eigenvalue weighted by Crippen LogP contribution is 2.23. The number of aromatic nitrogens is 4. The fourth-order valence-electron chi connectivity index (χ4n) is 1.86. The lowest BCUT2D eigenvalue weighted by Gasteiger charge is -1.98. The number of aryl methyl sites for hydroxylation is 2. The Morgan fingerprint density at radius 2 is 2.15 bits per heavy atom. The number of hydrogen-bond donors (Lipinski definition) is 0. The zero-order valence-electron chi connectivity index (χ0n) is 11.3. The lowest BCUT2D eigenvalue weighted by molar-refractivity contribution is 0.391. The minimum absolute atomic E-state index is 0.608. The van der Waals surface area contributed by atoms with Crippen LogP contribution >= 0.6 is 11.8 Å². The summed E-state index contributed by atoms with van der Waals surface area (Å²) < 4.78 is 7.25. The van der Waals surface area contributed by atoms with Crippen LogP contribution in [0.15, 0.2) is 46.3 Å². The molecule has 0 aliphatic rings. The molecule has 0 aliphatic heterocycles. The summed E-state index contributed by atoms with van der Waals surface area (Å²) in [5.41, 5.74) is 2.14. The fourth-order valence-corrected chi connectivity index (χ4v) is 2.63. The molecule has 0 unspecified atom stereocenters. The molecule has 2 heterocycles. The summed E-state index contributed by atoms with van der Waals surface area (Å²) in [5, 5.41) is 4.97. The van der Waals surface area contributed by atoms with E-state index in [1.807, 2.05) is 49.0 Å². The third-order valence-electron chi connectivity index (χ3n) is 2.96. The highest BCUT2D eigenvalue weighted by atomic mass is 32.2. The molecule has 0 radical (unpaired) electrons. The van der Waals surface area contributed by atoms with Crippen LogP contribution in [-0.4, -0.2) is 19.7 Å². The molecule has 0 saturated heterocycles. The van der Waals surface area contributed by atoms with E-state index in [4.69, 9.17) is 4.52 Å². The molecule has 0 atom stereocenters. The zero-order chi connectivity index (χ0) is 13.9. The van der Waals surface area contributed by atoms with E-state index in [1.54, 1.807) is 18.0 Å². The first kappa shape index (κ1) is 12.9. The van der Waals surface area contributed by atoms with Crippen molar-refractivity contribution in [1.29, 1.82) is 0 Å². The van der Waals surface area contributed by atoms with Gasteiger partial charge in [0, 0.05) is 25.0 Å². The quantitative estimate of drug-likeness (QED) is 0.690. The molecule has 6 heteroatoms. The summed E-state index contributed by atoms with van der Waals surface area (Å²) in [6.07, 6.45) is 3.68. The van der Waals surface area contributed by atoms with E-state index >= 15 is 0 Å². The van der Waals surface area contributed by atoms with Crippen LogP contribution in [0.25, 0.3) is 11.4 Å². The van der Waals surface area contributed by atoms with Crippen LogP contribution in [0.3, 0.4) is 0 Å². The Hall–Kier alpha value is -2.08. The van der Waals surface area contributed by atoms with Crippen LogP contribution in [0.5, 0.6) is 0 Å². The predicted octanol–water partition coefficient (Wildman–Crippen LogP) is 3.07. The minimum Gasteiger partial charge on any atom is -0.338 e. The molecule has 0 saturated carbocycles. The van der Waals surface area contributed by atoms with Gasteiger partial charge in [-0.25, -0.2) is 4.98 Å². The summed E-state index contributed by atoms with van der Waals surface area (Å²) in [7, 11) is 1.96. The number of hydrogen-bond acceptors (Lipinski definition) is 5. The van der Waals surface area contributed by atoms with Gasteiger partial charge in [-0.1, -0.05) is 41.2 Å². The number of benzene rings is 1. The lowest BCUT2D eigenvalue weighted by Crippen LogP contribution is -1.90. The van der Waals surface area contributed by atoms with E-state index in [1.165, 1.54) is 0 Å². The van der Waals surface area contributed by atoms with Gasteiger partial charge in [-0.3, -0.25) is 0 Å². The minimum atomic E-state index is 0.608. The second kappa shape index (κ2) is 5.50. The second-order valence-electron chi connectivity index (χ2n) is 4.44. The molecule has 3 aromatic rings. The summed E-state index contributed by atoms with van der Waals surface area (Å²) in [5.74, 6) is 1.86. The second-order valence-corrected chi connectivity index (χ2v) is 5.38. The molecule has 0 spiro atoms. The summed E-state index contributed by atoms with van der Waals surface area (Å²) >= 11 is 1.58. The van der Waals surface area contributed by atoms with E-state index in [9.17, 15) is 0 Å². The van der Waals surface area contributed by atoms with Gasteiger partial charge in [-0.05, 0) is 12.5 Å². The van der Waals surface area contributed by atoms with Gasteiger partial charge in [0.2, 0.25) is 11.7 Å². The Morgan fingerprint density at radius 1 is 1.30 bits per heavy atom. The number of rotatable bonds is 4. The Kier molecular flexibility index (Phi) is 3.56. The standard InChI is InChI=1S/C14H14N4OS/c1-10-5-3-4-6-11(10)13-16-12(19-17-13)9-20-14-15-7-8-18(14)2/h3-8H,9H2,1-2H3. The van der Waals surface area contributed by atoms with E-state index in [0.29, 0.717) is 17.5 Å². The van der Waals surface area contributed by atoms with Gasteiger partial charge in [0.15, 0.2) is 5.16 Å². The number of thioether (sulfide) groups is 1. The molecule has 5 nitrogen and oxygen atoms in total. The van der Waals surface area contributed by atoms with E-state index < -0.39 is 0 Å². The van der Waals surface area contributed by atoms with Gasteiger partial charge < -0.3 is 9.09 Å². The Balaban J connectivity index is 1.74. The maximum absolute atomic E-state index is 5.29. The SMILES string of the molecule is Cc1ccccc1-c1noc(CSc2nccn2C)n1. The predicted molar refractivity (Wildman–Crippen MR) is 77.2 cm³/mol. The normalized spacial score (nSPS) is 10.9. The molecule has 20 heavy (non-hydrogen) atoms. The van der Waals surface area contributed by atoms with Crippen LogP contribution in [0.4, 0.5) is 0 Å². The third-order valence-corrected chi connectivity index (χ3v) is 4.00. The number of nitrogens with zero attached hydrogens (tertiary/aromatic N) is 4. The van der Waals surface area contributed by atoms with Crippen molar-refractivity contribution >= 4 is 11.8 Å². The highest BCUT2D eigenvalue weighted by Gasteiger charge is 2.11. The lowest BCUT2D eigenvalue weighted by atomic mass is 10.1. The van der Waals surface area contributed by atoms with Crippen LogP contribution in [0, 0.1) is 6.92 Å². The molecule has 102 valence electrons. The van der Waals surface area contributed by atoms with Gasteiger partial charge in [0.25, 0.3) is 0 Å². The first-order chi connectivity index (χ1) is 9.74. The molecule has 0 aliphatic carbocycles. The molecular formula is C14H14N4OS. The summed E-state index contributed by atoms with van der Waals surface area (Å²) in [4.78, 5) is 8.68. The molecule has 3 rings (SSSR count).